The molecule has 0 saturated carbocycles. The van der Waals surface area contributed by atoms with Gasteiger partial charge in [-0.1, -0.05) is 6.92 Å². The Balaban J connectivity index is 0.00000484. The second-order valence-corrected chi connectivity index (χ2v) is 7.21. The summed E-state index contributed by atoms with van der Waals surface area (Å²) in [4.78, 5) is 20.1. The van der Waals surface area contributed by atoms with Gasteiger partial charge in [0.15, 0.2) is 5.96 Å². The van der Waals surface area contributed by atoms with E-state index in [1.165, 1.54) is 19.3 Å². The second-order valence-electron chi connectivity index (χ2n) is 7.21. The lowest BCUT2D eigenvalue weighted by molar-refractivity contribution is 0.0279. The molecule has 1 aliphatic rings. The normalized spacial score (nSPS) is 17.3. The van der Waals surface area contributed by atoms with Crippen LogP contribution in [0.5, 0.6) is 0 Å². The second kappa shape index (κ2) is 10.2. The zero-order valence-corrected chi connectivity index (χ0v) is 17.5. The van der Waals surface area contributed by atoms with Gasteiger partial charge >= 0.3 is 6.09 Å². The molecule has 6 nitrogen and oxygen atoms in total. The quantitative estimate of drug-likeness (QED) is 0.415. The fourth-order valence-corrected chi connectivity index (χ4v) is 2.41. The van der Waals surface area contributed by atoms with E-state index in [-0.39, 0.29) is 36.0 Å². The van der Waals surface area contributed by atoms with Crippen molar-refractivity contribution in [3.8, 4) is 0 Å². The standard InChI is InChI=1S/C16H32N4O2.HI/c1-13(12-19(5)15(21)22-16(2,3)4)11-18-14(17)20-9-7-6-8-10-20;/h13H,6-12H2,1-5H3,(H2,17,18);1H. The first-order valence-corrected chi connectivity index (χ1v) is 8.18. The summed E-state index contributed by atoms with van der Waals surface area (Å²) >= 11 is 0. The molecule has 0 aliphatic carbocycles. The minimum absolute atomic E-state index is 0. The van der Waals surface area contributed by atoms with Gasteiger partial charge < -0.3 is 20.3 Å². The zero-order valence-electron chi connectivity index (χ0n) is 15.2. The first-order valence-electron chi connectivity index (χ1n) is 8.18. The molecule has 0 aromatic heterocycles. The van der Waals surface area contributed by atoms with E-state index in [0.29, 0.717) is 19.0 Å². The third kappa shape index (κ3) is 9.22. The average molecular weight is 440 g/mol. The Morgan fingerprint density at radius 3 is 2.39 bits per heavy atom. The molecular weight excluding hydrogens is 407 g/mol. The van der Waals surface area contributed by atoms with Gasteiger partial charge in [0, 0.05) is 33.2 Å². The Morgan fingerprint density at radius 2 is 1.87 bits per heavy atom. The molecule has 0 spiro atoms. The van der Waals surface area contributed by atoms with Gasteiger partial charge in [0.05, 0.1) is 0 Å². The first kappa shape index (κ1) is 22.3. The zero-order chi connectivity index (χ0) is 16.8. The molecule has 1 unspecified atom stereocenters. The molecule has 0 aromatic carbocycles. The molecule has 1 atom stereocenters. The minimum atomic E-state index is -0.467. The summed E-state index contributed by atoms with van der Waals surface area (Å²) < 4.78 is 5.34. The van der Waals surface area contributed by atoms with Crippen LogP contribution in [-0.4, -0.2) is 60.7 Å². The number of carbonyl (C=O) groups is 1. The number of piperidine rings is 1. The summed E-state index contributed by atoms with van der Waals surface area (Å²) in [6.45, 7) is 10.9. The molecule has 136 valence electrons. The van der Waals surface area contributed by atoms with E-state index in [4.69, 9.17) is 10.5 Å². The molecule has 1 fully saturated rings. The Hall–Kier alpha value is -0.730. The van der Waals surface area contributed by atoms with Crippen LogP contribution >= 0.6 is 24.0 Å². The molecule has 1 heterocycles. The molecule has 0 bridgehead atoms. The molecule has 7 heteroatoms. The predicted octanol–water partition coefficient (Wildman–Crippen LogP) is 2.91. The van der Waals surface area contributed by atoms with Crippen molar-refractivity contribution < 1.29 is 9.53 Å². The van der Waals surface area contributed by atoms with Crippen LogP contribution in [-0.2, 0) is 4.74 Å². The van der Waals surface area contributed by atoms with Crippen LogP contribution in [0.4, 0.5) is 4.79 Å². The van der Waals surface area contributed by atoms with Crippen molar-refractivity contribution in [1.82, 2.24) is 9.80 Å². The average Bonchev–Trinajstić information content (AvgIpc) is 2.43. The molecular formula is C16H33IN4O2. The maximum absolute atomic E-state index is 11.9. The Labute approximate surface area is 157 Å². The number of rotatable bonds is 4. The van der Waals surface area contributed by atoms with Crippen LogP contribution < -0.4 is 5.73 Å². The van der Waals surface area contributed by atoms with E-state index in [2.05, 4.69) is 16.8 Å². The van der Waals surface area contributed by atoms with Crippen LogP contribution in [0.25, 0.3) is 0 Å². The van der Waals surface area contributed by atoms with Gasteiger partial charge in [-0.2, -0.15) is 0 Å². The van der Waals surface area contributed by atoms with Crippen molar-refractivity contribution in [3.05, 3.63) is 0 Å². The number of nitrogens with two attached hydrogens (primary N) is 1. The Morgan fingerprint density at radius 1 is 1.30 bits per heavy atom. The molecule has 23 heavy (non-hydrogen) atoms. The van der Waals surface area contributed by atoms with Gasteiger partial charge in [-0.25, -0.2) is 4.79 Å². The van der Waals surface area contributed by atoms with Crippen molar-refractivity contribution in [1.29, 1.82) is 0 Å². The predicted molar refractivity (Wildman–Crippen MR) is 105 cm³/mol. The van der Waals surface area contributed by atoms with Gasteiger partial charge in [-0.05, 0) is 46.0 Å². The molecule has 1 saturated heterocycles. The maximum atomic E-state index is 11.9. The summed E-state index contributed by atoms with van der Waals surface area (Å²) in [5, 5.41) is 0. The number of carbonyl (C=O) groups excluding carboxylic acids is 1. The largest absolute Gasteiger partial charge is 0.444 e. The van der Waals surface area contributed by atoms with Crippen molar-refractivity contribution in [2.75, 3.05) is 33.2 Å². The van der Waals surface area contributed by atoms with Gasteiger partial charge in [0.2, 0.25) is 0 Å². The lowest BCUT2D eigenvalue weighted by atomic mass is 10.1. The van der Waals surface area contributed by atoms with Crippen molar-refractivity contribution >= 4 is 36.0 Å². The third-order valence-corrected chi connectivity index (χ3v) is 3.54. The van der Waals surface area contributed by atoms with Crippen molar-refractivity contribution in [2.24, 2.45) is 16.6 Å². The molecule has 0 aromatic rings. The third-order valence-electron chi connectivity index (χ3n) is 3.54. The van der Waals surface area contributed by atoms with Crippen LogP contribution in [0, 0.1) is 5.92 Å². The minimum Gasteiger partial charge on any atom is -0.444 e. The molecule has 1 amide bonds. The molecule has 2 N–H and O–H groups in total. The number of hydrogen-bond donors (Lipinski definition) is 1. The highest BCUT2D eigenvalue weighted by Crippen LogP contribution is 2.11. The van der Waals surface area contributed by atoms with Gasteiger partial charge in [-0.3, -0.25) is 4.99 Å². The number of amides is 1. The summed E-state index contributed by atoms with van der Waals surface area (Å²) in [6, 6.07) is 0. The van der Waals surface area contributed by atoms with E-state index < -0.39 is 5.60 Å². The number of nitrogens with zero attached hydrogens (tertiary/aromatic N) is 3. The number of ether oxygens (including phenoxy) is 1. The van der Waals surface area contributed by atoms with Crippen LogP contribution in [0.2, 0.25) is 0 Å². The maximum Gasteiger partial charge on any atom is 0.410 e. The van der Waals surface area contributed by atoms with Crippen LogP contribution in [0.3, 0.4) is 0 Å². The Bertz CT molecular complexity index is 390. The van der Waals surface area contributed by atoms with Gasteiger partial charge in [-0.15, -0.1) is 24.0 Å². The SMILES string of the molecule is CC(CN=C(N)N1CCCCC1)CN(C)C(=O)OC(C)(C)C.I. The number of guanidine groups is 1. The van der Waals surface area contributed by atoms with E-state index in [1.54, 1.807) is 11.9 Å². The number of halogens is 1. The Kier molecular flexibility index (Phi) is 9.88. The summed E-state index contributed by atoms with van der Waals surface area (Å²) in [7, 11) is 1.75. The topological polar surface area (TPSA) is 71.2 Å². The van der Waals surface area contributed by atoms with Gasteiger partial charge in [0.1, 0.15) is 5.60 Å². The van der Waals surface area contributed by atoms with E-state index >= 15 is 0 Å². The van der Waals surface area contributed by atoms with Crippen molar-refractivity contribution in [3.63, 3.8) is 0 Å². The van der Waals surface area contributed by atoms with Crippen LogP contribution in [0.1, 0.15) is 47.0 Å². The van der Waals surface area contributed by atoms with Crippen molar-refractivity contribution in [2.45, 2.75) is 52.6 Å². The highest BCUT2D eigenvalue weighted by molar-refractivity contribution is 14.0. The van der Waals surface area contributed by atoms with Gasteiger partial charge in [0.25, 0.3) is 0 Å². The lowest BCUT2D eigenvalue weighted by Crippen LogP contribution is -2.41. The van der Waals surface area contributed by atoms with E-state index in [0.717, 1.165) is 13.1 Å². The first-order chi connectivity index (χ1) is 10.2. The highest BCUT2D eigenvalue weighted by Gasteiger charge is 2.20. The highest BCUT2D eigenvalue weighted by atomic mass is 127. The lowest BCUT2D eigenvalue weighted by Gasteiger charge is -2.28. The summed E-state index contributed by atoms with van der Waals surface area (Å²) in [5.74, 6) is 0.868. The fourth-order valence-electron chi connectivity index (χ4n) is 2.41. The number of likely N-dealkylation sites (tertiary alicyclic amines) is 1. The monoisotopic (exact) mass is 440 g/mol. The fraction of sp³-hybridized carbons (Fsp3) is 0.875. The summed E-state index contributed by atoms with van der Waals surface area (Å²) in [6.07, 6.45) is 3.36. The number of hydrogen-bond acceptors (Lipinski definition) is 3. The summed E-state index contributed by atoms with van der Waals surface area (Å²) in [5.41, 5.74) is 5.57. The molecule has 1 rings (SSSR count). The van der Waals surface area contributed by atoms with Crippen LogP contribution in [0.15, 0.2) is 4.99 Å². The van der Waals surface area contributed by atoms with E-state index in [9.17, 15) is 4.79 Å². The number of aliphatic imine (C=N–C) groups is 1. The molecule has 1 aliphatic heterocycles. The molecule has 0 radical (unpaired) electrons. The van der Waals surface area contributed by atoms with E-state index in [1.807, 2.05) is 20.8 Å². The smallest absolute Gasteiger partial charge is 0.410 e.